The number of piperidine rings is 1. The van der Waals surface area contributed by atoms with Crippen LogP contribution in [0.3, 0.4) is 0 Å². The van der Waals surface area contributed by atoms with Crippen molar-refractivity contribution in [1.82, 2.24) is 14.5 Å². The summed E-state index contributed by atoms with van der Waals surface area (Å²) in [6.07, 6.45) is -2.79. The predicted octanol–water partition coefficient (Wildman–Crippen LogP) is 2.36. The summed E-state index contributed by atoms with van der Waals surface area (Å²) in [5.74, 6) is -1.97. The van der Waals surface area contributed by atoms with Crippen LogP contribution in [0.5, 0.6) is 0 Å². The molecule has 3 fully saturated rings. The molecule has 30 heavy (non-hydrogen) atoms. The minimum atomic E-state index is -5.08. The Morgan fingerprint density at radius 1 is 1.13 bits per heavy atom. The van der Waals surface area contributed by atoms with Gasteiger partial charge in [-0.25, -0.2) is 9.78 Å². The topological polar surface area (TPSA) is 91.3 Å². The Hall–Kier alpha value is -3.08. The van der Waals surface area contributed by atoms with Crippen LogP contribution >= 0.6 is 0 Å². The first kappa shape index (κ1) is 20.2. The van der Waals surface area contributed by atoms with Crippen molar-refractivity contribution in [2.75, 3.05) is 31.1 Å². The lowest BCUT2D eigenvalue weighted by Gasteiger charge is -2.31. The first-order chi connectivity index (χ1) is 14.2. The van der Waals surface area contributed by atoms with Crippen molar-refractivity contribution in [3.63, 3.8) is 0 Å². The Morgan fingerprint density at radius 2 is 1.80 bits per heavy atom. The number of hydrogen-bond acceptors (Lipinski definition) is 6. The second-order valence-corrected chi connectivity index (χ2v) is 7.23. The van der Waals surface area contributed by atoms with E-state index in [-0.39, 0.29) is 5.56 Å². The third-order valence-electron chi connectivity index (χ3n) is 5.37. The molecule has 0 amide bonds. The number of hydrogen-bond donors (Lipinski definition) is 1. The van der Waals surface area contributed by atoms with Crippen molar-refractivity contribution in [2.24, 2.45) is 0 Å². The fourth-order valence-electron chi connectivity index (χ4n) is 3.88. The summed E-state index contributed by atoms with van der Waals surface area (Å²) in [5.41, 5.74) is 1.15. The Morgan fingerprint density at radius 3 is 2.47 bits per heavy atom. The van der Waals surface area contributed by atoms with Gasteiger partial charge in [-0.2, -0.15) is 13.2 Å². The number of carboxylic acids is 1. The number of para-hydroxylation sites is 1. The molecule has 3 aliphatic rings. The minimum absolute atomic E-state index is 0.153. The standard InChI is InChI=1S/C17H18N4O2.C2HF3O2/c22-16-11-15(20-10-9-19-7-5-12(20)6-8-19)18-17-13-3-1-2-4-14(13)23-21(16)17;3-2(4,5)1(6)7/h1-4,11-12H,5-10H2;(H,6,7). The number of alkyl halides is 3. The highest BCUT2D eigenvalue weighted by atomic mass is 19.4. The molecule has 0 unspecified atom stereocenters. The monoisotopic (exact) mass is 424 g/mol. The molecular weight excluding hydrogens is 405 g/mol. The first-order valence-corrected chi connectivity index (χ1v) is 9.45. The molecule has 1 aromatic carbocycles. The summed E-state index contributed by atoms with van der Waals surface area (Å²) in [4.78, 5) is 31.0. The molecule has 0 atom stereocenters. The number of nitrogens with zero attached hydrogens (tertiary/aromatic N) is 4. The molecule has 0 aliphatic carbocycles. The number of anilines is 1. The van der Waals surface area contributed by atoms with Crippen molar-refractivity contribution in [3.05, 3.63) is 40.7 Å². The lowest BCUT2D eigenvalue weighted by Crippen LogP contribution is -2.38. The average Bonchev–Trinajstić information content (AvgIpc) is 2.84. The maximum Gasteiger partial charge on any atom is 0.490 e. The minimum Gasteiger partial charge on any atom is -0.475 e. The van der Waals surface area contributed by atoms with Gasteiger partial charge in [-0.1, -0.05) is 12.1 Å². The van der Waals surface area contributed by atoms with E-state index >= 15 is 0 Å². The second-order valence-electron chi connectivity index (χ2n) is 7.23. The number of rotatable bonds is 1. The van der Waals surface area contributed by atoms with Gasteiger partial charge >= 0.3 is 12.1 Å². The van der Waals surface area contributed by atoms with Crippen molar-refractivity contribution in [3.8, 4) is 0 Å². The summed E-state index contributed by atoms with van der Waals surface area (Å²) in [6, 6.07) is 9.76. The van der Waals surface area contributed by atoms with Crippen LogP contribution in [-0.4, -0.2) is 63.9 Å². The third-order valence-corrected chi connectivity index (χ3v) is 5.37. The summed E-state index contributed by atoms with van der Waals surface area (Å²) < 4.78 is 38.7. The molecule has 160 valence electrons. The number of fused-ring (bicyclic) bond motifs is 7. The molecule has 0 radical (unpaired) electrons. The molecule has 3 aliphatic heterocycles. The molecule has 8 nitrogen and oxygen atoms in total. The van der Waals surface area contributed by atoms with Gasteiger partial charge in [0.1, 0.15) is 5.82 Å². The van der Waals surface area contributed by atoms with Crippen LogP contribution in [0.2, 0.25) is 0 Å². The zero-order valence-corrected chi connectivity index (χ0v) is 15.8. The molecule has 11 heteroatoms. The summed E-state index contributed by atoms with van der Waals surface area (Å²) in [6.45, 7) is 4.28. The van der Waals surface area contributed by atoms with Crippen LogP contribution in [0, 0.1) is 0 Å². The SMILES string of the molecule is O=C(O)C(F)(F)F.O=c1cc(N2CCN3CCC2CC3)nc2c3ccccc3on12. The van der Waals surface area contributed by atoms with Crippen LogP contribution < -0.4 is 10.5 Å². The molecule has 3 aromatic rings. The summed E-state index contributed by atoms with van der Waals surface area (Å²) >= 11 is 0. The van der Waals surface area contributed by atoms with Crippen molar-refractivity contribution >= 4 is 28.4 Å². The molecule has 2 aromatic heterocycles. The van der Waals surface area contributed by atoms with Crippen LogP contribution in [0.25, 0.3) is 16.6 Å². The van der Waals surface area contributed by atoms with Gasteiger partial charge in [0.15, 0.2) is 11.2 Å². The second kappa shape index (κ2) is 7.63. The van der Waals surface area contributed by atoms with E-state index in [1.165, 1.54) is 4.57 Å². The van der Waals surface area contributed by atoms with Gasteiger partial charge in [0.05, 0.1) is 5.39 Å². The highest BCUT2D eigenvalue weighted by Crippen LogP contribution is 2.27. The fraction of sp³-hybridized carbons (Fsp3) is 0.421. The van der Waals surface area contributed by atoms with E-state index < -0.39 is 12.1 Å². The third kappa shape index (κ3) is 3.84. The van der Waals surface area contributed by atoms with Crippen LogP contribution in [0.1, 0.15) is 12.8 Å². The van der Waals surface area contributed by atoms with E-state index in [1.807, 2.05) is 24.3 Å². The van der Waals surface area contributed by atoms with Crippen molar-refractivity contribution in [1.29, 1.82) is 0 Å². The quantitative estimate of drug-likeness (QED) is 0.641. The van der Waals surface area contributed by atoms with Gasteiger partial charge in [0, 0.05) is 38.3 Å². The molecule has 2 bridgehead atoms. The Bertz CT molecular complexity index is 1130. The maximum absolute atomic E-state index is 12.5. The number of carboxylic acid groups (broad SMARTS) is 1. The lowest BCUT2D eigenvalue weighted by molar-refractivity contribution is -0.192. The van der Waals surface area contributed by atoms with Crippen molar-refractivity contribution < 1.29 is 27.6 Å². The lowest BCUT2D eigenvalue weighted by atomic mass is 10.1. The summed E-state index contributed by atoms with van der Waals surface area (Å²) in [5, 5.41) is 8.01. The van der Waals surface area contributed by atoms with Crippen LogP contribution in [0.15, 0.2) is 39.6 Å². The zero-order valence-electron chi connectivity index (χ0n) is 15.8. The molecule has 6 rings (SSSR count). The number of carbonyl (C=O) groups is 1. The maximum atomic E-state index is 12.5. The number of aliphatic carboxylic acids is 1. The number of aromatic nitrogens is 2. The Labute approximate surface area is 168 Å². The van der Waals surface area contributed by atoms with E-state index in [2.05, 4.69) is 9.80 Å². The summed E-state index contributed by atoms with van der Waals surface area (Å²) in [7, 11) is 0. The molecule has 0 spiro atoms. The van der Waals surface area contributed by atoms with E-state index in [4.69, 9.17) is 19.4 Å². The molecule has 1 N–H and O–H groups in total. The molecular formula is C19H19F3N4O4. The van der Waals surface area contributed by atoms with E-state index in [0.29, 0.717) is 17.3 Å². The average molecular weight is 424 g/mol. The van der Waals surface area contributed by atoms with Gasteiger partial charge in [-0.05, 0) is 25.0 Å². The first-order valence-electron chi connectivity index (χ1n) is 9.45. The van der Waals surface area contributed by atoms with Crippen LogP contribution in [-0.2, 0) is 4.79 Å². The largest absolute Gasteiger partial charge is 0.490 e. The normalized spacial score (nSPS) is 21.4. The molecule has 5 heterocycles. The van der Waals surface area contributed by atoms with Gasteiger partial charge in [-0.3, -0.25) is 4.79 Å². The van der Waals surface area contributed by atoms with Gasteiger partial charge in [-0.15, -0.1) is 4.57 Å². The van der Waals surface area contributed by atoms with E-state index in [0.717, 1.165) is 50.2 Å². The fourth-order valence-corrected chi connectivity index (χ4v) is 3.88. The highest BCUT2D eigenvalue weighted by Gasteiger charge is 2.38. The molecule has 0 saturated carbocycles. The smallest absolute Gasteiger partial charge is 0.475 e. The van der Waals surface area contributed by atoms with Gasteiger partial charge in [0.25, 0.3) is 5.56 Å². The zero-order chi connectivity index (χ0) is 21.5. The highest BCUT2D eigenvalue weighted by molar-refractivity contribution is 5.90. The Kier molecular flexibility index (Phi) is 5.14. The number of benzene rings is 1. The predicted molar refractivity (Wildman–Crippen MR) is 102 cm³/mol. The van der Waals surface area contributed by atoms with Gasteiger partial charge < -0.3 is 19.4 Å². The number of halogens is 3. The van der Waals surface area contributed by atoms with Crippen LogP contribution in [0.4, 0.5) is 19.0 Å². The Balaban J connectivity index is 0.000000272. The van der Waals surface area contributed by atoms with E-state index in [1.54, 1.807) is 6.07 Å². The van der Waals surface area contributed by atoms with E-state index in [9.17, 15) is 18.0 Å². The van der Waals surface area contributed by atoms with Crippen molar-refractivity contribution in [2.45, 2.75) is 25.1 Å². The molecule has 3 saturated heterocycles. The van der Waals surface area contributed by atoms with Gasteiger partial charge in [0.2, 0.25) is 0 Å².